The topological polar surface area (TPSA) is 83.0 Å². The molecular weight excluding hydrogens is 428 g/mol. The summed E-state index contributed by atoms with van der Waals surface area (Å²) in [5, 5.41) is 5.72. The summed E-state index contributed by atoms with van der Waals surface area (Å²) in [5.74, 6) is -0.378. The molecule has 34 heavy (non-hydrogen) atoms. The van der Waals surface area contributed by atoms with Gasteiger partial charge in [-0.3, -0.25) is 4.99 Å². The Morgan fingerprint density at radius 2 is 1.79 bits per heavy atom. The standard InChI is InChI=1S/C27H32N4O3/c1-3-9-24(25(26(32)34-4-2)31-18-8-16-28-17-19-31)22-12-14-23(15-13-22)30-27(33)29-20-21-10-6-5-7-11-21/h5-8,10-19,24-25H,3-4,9,20H2,1-2H3,(H2,29,30,33). The largest absolute Gasteiger partial charge is 0.464 e. The Morgan fingerprint density at radius 3 is 2.50 bits per heavy atom. The van der Waals surface area contributed by atoms with Crippen LogP contribution in [-0.4, -0.2) is 35.8 Å². The number of allylic oxidation sites excluding steroid dienone is 1. The van der Waals surface area contributed by atoms with Gasteiger partial charge < -0.3 is 20.3 Å². The zero-order valence-electron chi connectivity index (χ0n) is 19.7. The van der Waals surface area contributed by atoms with Gasteiger partial charge in [0.25, 0.3) is 0 Å². The molecule has 0 aliphatic carbocycles. The molecule has 2 unspecified atom stereocenters. The Balaban J connectivity index is 1.73. The van der Waals surface area contributed by atoms with Gasteiger partial charge in [0.05, 0.1) is 6.61 Å². The first-order chi connectivity index (χ1) is 16.6. The van der Waals surface area contributed by atoms with Crippen LogP contribution in [0.25, 0.3) is 0 Å². The van der Waals surface area contributed by atoms with Crippen LogP contribution >= 0.6 is 0 Å². The highest BCUT2D eigenvalue weighted by molar-refractivity contribution is 5.89. The molecule has 0 aromatic heterocycles. The van der Waals surface area contributed by atoms with Crippen LogP contribution in [0.5, 0.6) is 0 Å². The molecule has 3 rings (SSSR count). The number of hydrogen-bond donors (Lipinski definition) is 2. The fourth-order valence-corrected chi connectivity index (χ4v) is 3.89. The average Bonchev–Trinajstić information content (AvgIpc) is 3.13. The third kappa shape index (κ3) is 7.07. The summed E-state index contributed by atoms with van der Waals surface area (Å²) in [6, 6.07) is 16.6. The molecule has 0 bridgehead atoms. The maximum absolute atomic E-state index is 13.0. The molecule has 2 N–H and O–H groups in total. The molecule has 0 fully saturated rings. The van der Waals surface area contributed by atoms with Crippen LogP contribution in [0.15, 0.2) is 84.3 Å². The van der Waals surface area contributed by atoms with Crippen molar-refractivity contribution in [2.24, 2.45) is 4.99 Å². The second kappa shape index (κ2) is 13.0. The predicted octanol–water partition coefficient (Wildman–Crippen LogP) is 5.20. The van der Waals surface area contributed by atoms with Gasteiger partial charge in [-0.2, -0.15) is 0 Å². The number of rotatable bonds is 10. The van der Waals surface area contributed by atoms with Crippen LogP contribution in [0.1, 0.15) is 43.7 Å². The van der Waals surface area contributed by atoms with Crippen LogP contribution in [0.4, 0.5) is 10.5 Å². The van der Waals surface area contributed by atoms with Crippen molar-refractivity contribution in [2.75, 3.05) is 11.9 Å². The number of carbonyl (C=O) groups is 2. The second-order valence-corrected chi connectivity index (χ2v) is 7.89. The lowest BCUT2D eigenvalue weighted by Crippen LogP contribution is -2.41. The number of hydrogen-bond acceptors (Lipinski definition) is 5. The van der Waals surface area contributed by atoms with E-state index in [4.69, 9.17) is 4.74 Å². The zero-order valence-corrected chi connectivity index (χ0v) is 19.7. The molecule has 178 valence electrons. The second-order valence-electron chi connectivity index (χ2n) is 7.89. The minimum atomic E-state index is -0.526. The van der Waals surface area contributed by atoms with Crippen molar-refractivity contribution in [3.05, 3.63) is 90.4 Å². The van der Waals surface area contributed by atoms with E-state index < -0.39 is 6.04 Å². The van der Waals surface area contributed by atoms with Crippen LogP contribution in [0.2, 0.25) is 0 Å². The molecule has 1 aliphatic rings. The summed E-state index contributed by atoms with van der Waals surface area (Å²) in [6.07, 6.45) is 10.5. The van der Waals surface area contributed by atoms with E-state index in [0.717, 1.165) is 24.0 Å². The predicted molar refractivity (Wildman–Crippen MR) is 135 cm³/mol. The van der Waals surface area contributed by atoms with Crippen molar-refractivity contribution in [1.82, 2.24) is 10.2 Å². The van der Waals surface area contributed by atoms with Crippen LogP contribution in [-0.2, 0) is 16.1 Å². The molecule has 0 radical (unpaired) electrons. The summed E-state index contributed by atoms with van der Waals surface area (Å²) in [7, 11) is 0. The maximum Gasteiger partial charge on any atom is 0.329 e. The molecule has 0 spiro atoms. The van der Waals surface area contributed by atoms with Gasteiger partial charge in [-0.1, -0.05) is 55.8 Å². The lowest BCUT2D eigenvalue weighted by molar-refractivity contribution is -0.148. The number of urea groups is 1. The van der Waals surface area contributed by atoms with E-state index in [1.54, 1.807) is 24.7 Å². The molecular formula is C27H32N4O3. The van der Waals surface area contributed by atoms with E-state index in [0.29, 0.717) is 18.8 Å². The van der Waals surface area contributed by atoms with Gasteiger partial charge in [-0.25, -0.2) is 9.59 Å². The van der Waals surface area contributed by atoms with E-state index in [9.17, 15) is 9.59 Å². The number of nitrogens with one attached hydrogen (secondary N) is 2. The molecule has 2 atom stereocenters. The fourth-order valence-electron chi connectivity index (χ4n) is 3.89. The number of ether oxygens (including phenoxy) is 1. The highest BCUT2D eigenvalue weighted by atomic mass is 16.5. The van der Waals surface area contributed by atoms with Crippen molar-refractivity contribution in [2.45, 2.75) is 45.2 Å². The average molecular weight is 461 g/mol. The lowest BCUT2D eigenvalue weighted by Gasteiger charge is -2.32. The molecule has 1 aliphatic heterocycles. The van der Waals surface area contributed by atoms with Crippen molar-refractivity contribution < 1.29 is 14.3 Å². The first kappa shape index (κ1) is 24.8. The molecule has 1 heterocycles. The number of aliphatic imine (C=N–C) groups is 1. The van der Waals surface area contributed by atoms with Gasteiger partial charge in [0.1, 0.15) is 6.04 Å². The fraction of sp³-hybridized carbons (Fsp3) is 0.296. The maximum atomic E-state index is 13.0. The Hall–Kier alpha value is -3.87. The molecule has 2 aromatic carbocycles. The number of esters is 1. The van der Waals surface area contributed by atoms with Crippen molar-refractivity contribution in [3.63, 3.8) is 0 Å². The molecule has 0 saturated carbocycles. The molecule has 2 amide bonds. The van der Waals surface area contributed by atoms with Crippen LogP contribution in [0, 0.1) is 0 Å². The van der Waals surface area contributed by atoms with Gasteiger partial charge >= 0.3 is 12.0 Å². The molecule has 2 aromatic rings. The Labute approximate surface area is 201 Å². The quantitative estimate of drug-likeness (QED) is 0.478. The van der Waals surface area contributed by atoms with Gasteiger partial charge in [-0.15, -0.1) is 0 Å². The number of amides is 2. The highest BCUT2D eigenvalue weighted by Crippen LogP contribution is 2.31. The van der Waals surface area contributed by atoms with E-state index in [1.807, 2.05) is 72.6 Å². The summed E-state index contributed by atoms with van der Waals surface area (Å²) < 4.78 is 5.43. The van der Waals surface area contributed by atoms with Gasteiger partial charge in [0, 0.05) is 43.0 Å². The van der Waals surface area contributed by atoms with E-state index >= 15 is 0 Å². The summed E-state index contributed by atoms with van der Waals surface area (Å²) in [4.78, 5) is 31.3. The van der Waals surface area contributed by atoms with Crippen molar-refractivity contribution >= 4 is 23.9 Å². The molecule has 0 saturated heterocycles. The van der Waals surface area contributed by atoms with E-state index in [2.05, 4.69) is 22.5 Å². The van der Waals surface area contributed by atoms with Crippen LogP contribution in [0.3, 0.4) is 0 Å². The van der Waals surface area contributed by atoms with Gasteiger partial charge in [0.2, 0.25) is 0 Å². The van der Waals surface area contributed by atoms with E-state index in [-0.39, 0.29) is 17.9 Å². The Morgan fingerprint density at radius 1 is 1.03 bits per heavy atom. The Kier molecular flexibility index (Phi) is 9.46. The normalized spacial score (nSPS) is 14.2. The first-order valence-electron chi connectivity index (χ1n) is 11.6. The molecule has 7 heteroatoms. The minimum absolute atomic E-state index is 0.0996. The van der Waals surface area contributed by atoms with Crippen molar-refractivity contribution in [3.8, 4) is 0 Å². The zero-order chi connectivity index (χ0) is 24.2. The number of benzene rings is 2. The summed E-state index contributed by atoms with van der Waals surface area (Å²) in [5.41, 5.74) is 2.71. The minimum Gasteiger partial charge on any atom is -0.464 e. The van der Waals surface area contributed by atoms with Crippen LogP contribution < -0.4 is 10.6 Å². The number of carbonyl (C=O) groups excluding carboxylic acids is 2. The van der Waals surface area contributed by atoms with Crippen molar-refractivity contribution in [1.29, 1.82) is 0 Å². The Bertz CT molecular complexity index is 1000. The summed E-state index contributed by atoms with van der Waals surface area (Å²) >= 11 is 0. The van der Waals surface area contributed by atoms with E-state index in [1.165, 1.54) is 0 Å². The monoisotopic (exact) mass is 460 g/mol. The smallest absolute Gasteiger partial charge is 0.329 e. The molecule has 7 nitrogen and oxygen atoms in total. The van der Waals surface area contributed by atoms with Gasteiger partial charge in [-0.05, 0) is 42.7 Å². The first-order valence-corrected chi connectivity index (χ1v) is 11.6. The van der Waals surface area contributed by atoms with Gasteiger partial charge in [0.15, 0.2) is 0 Å². The summed E-state index contributed by atoms with van der Waals surface area (Å²) in [6.45, 7) is 4.67. The highest BCUT2D eigenvalue weighted by Gasteiger charge is 2.33. The SMILES string of the molecule is CCCC(c1ccc(NC(=O)NCc2ccccc2)cc1)C(C(=O)OCC)N1C=CC=NC=C1. The third-order valence-corrected chi connectivity index (χ3v) is 5.48. The number of anilines is 1. The lowest BCUT2D eigenvalue weighted by atomic mass is 9.86. The number of nitrogens with zero attached hydrogens (tertiary/aromatic N) is 2. The third-order valence-electron chi connectivity index (χ3n) is 5.48.